The van der Waals surface area contributed by atoms with Crippen molar-refractivity contribution in [3.63, 3.8) is 0 Å². The van der Waals surface area contributed by atoms with Gasteiger partial charge in [0.25, 0.3) is 0 Å². The molecular weight excluding hydrogens is 242 g/mol. The van der Waals surface area contributed by atoms with Gasteiger partial charge in [-0.1, -0.05) is 30.3 Å². The van der Waals surface area contributed by atoms with Crippen molar-refractivity contribution in [3.05, 3.63) is 64.0 Å². The molecule has 2 heterocycles. The molecule has 0 bridgehead atoms. The normalized spacial score (nSPS) is 17.0. The van der Waals surface area contributed by atoms with Gasteiger partial charge in [-0.05, 0) is 34.8 Å². The van der Waals surface area contributed by atoms with E-state index in [-0.39, 0.29) is 11.8 Å². The van der Waals surface area contributed by atoms with Crippen molar-refractivity contribution in [2.75, 3.05) is 0 Å². The fraction of sp³-hybridized carbons (Fsp3) is 0.133. The summed E-state index contributed by atoms with van der Waals surface area (Å²) in [6.45, 7) is 0. The van der Waals surface area contributed by atoms with Gasteiger partial charge in [-0.3, -0.25) is 4.79 Å². The van der Waals surface area contributed by atoms with Crippen LogP contribution in [0.2, 0.25) is 0 Å². The zero-order chi connectivity index (χ0) is 12.4. The zero-order valence-electron chi connectivity index (χ0n) is 9.80. The first-order valence-electron chi connectivity index (χ1n) is 5.93. The molecule has 0 saturated carbocycles. The Bertz CT molecular complexity index is 586. The van der Waals surface area contributed by atoms with Gasteiger partial charge in [0.05, 0.1) is 10.9 Å². The van der Waals surface area contributed by atoms with E-state index in [1.54, 1.807) is 0 Å². The molecule has 1 unspecified atom stereocenters. The summed E-state index contributed by atoms with van der Waals surface area (Å²) in [5.41, 5.74) is 2.39. The smallest absolute Gasteiger partial charge is 0.175 e. The van der Waals surface area contributed by atoms with Crippen molar-refractivity contribution in [1.82, 2.24) is 5.32 Å². The summed E-state index contributed by atoms with van der Waals surface area (Å²) in [6.07, 6.45) is 4.47. The summed E-state index contributed by atoms with van der Waals surface area (Å²) < 4.78 is 0. The molecule has 1 aliphatic heterocycles. The quantitative estimate of drug-likeness (QED) is 0.848. The maximum atomic E-state index is 12.1. The Morgan fingerprint density at radius 3 is 2.94 bits per heavy atom. The van der Waals surface area contributed by atoms with E-state index in [4.69, 9.17) is 0 Å². The van der Waals surface area contributed by atoms with E-state index in [1.165, 1.54) is 22.5 Å². The van der Waals surface area contributed by atoms with E-state index in [0.29, 0.717) is 6.42 Å². The van der Waals surface area contributed by atoms with E-state index < -0.39 is 0 Å². The van der Waals surface area contributed by atoms with Gasteiger partial charge in [0.1, 0.15) is 0 Å². The molecule has 1 N–H and O–H groups in total. The highest BCUT2D eigenvalue weighted by atomic mass is 32.1. The number of benzene rings is 1. The van der Waals surface area contributed by atoms with Gasteiger partial charge in [-0.2, -0.15) is 0 Å². The van der Waals surface area contributed by atoms with Gasteiger partial charge in [-0.25, -0.2) is 0 Å². The molecule has 1 aromatic carbocycles. The van der Waals surface area contributed by atoms with E-state index in [2.05, 4.69) is 17.4 Å². The Labute approximate surface area is 110 Å². The minimum absolute atomic E-state index is 0.0841. The van der Waals surface area contributed by atoms with Crippen molar-refractivity contribution in [2.24, 2.45) is 0 Å². The third-order valence-corrected chi connectivity index (χ3v) is 4.03. The van der Waals surface area contributed by atoms with Crippen LogP contribution in [0, 0.1) is 0 Å². The van der Waals surface area contributed by atoms with Crippen molar-refractivity contribution < 1.29 is 4.79 Å². The monoisotopic (exact) mass is 255 g/mol. The van der Waals surface area contributed by atoms with E-state index >= 15 is 0 Å². The van der Waals surface area contributed by atoms with Crippen LogP contribution in [0.4, 0.5) is 0 Å². The Hall–Kier alpha value is -1.87. The van der Waals surface area contributed by atoms with Gasteiger partial charge in [-0.15, -0.1) is 11.3 Å². The molecule has 0 amide bonds. The summed E-state index contributed by atoms with van der Waals surface area (Å²) in [5.74, 6) is 0.201. The lowest BCUT2D eigenvalue weighted by Gasteiger charge is -2.22. The Morgan fingerprint density at radius 2 is 2.11 bits per heavy atom. The Morgan fingerprint density at radius 1 is 1.22 bits per heavy atom. The third kappa shape index (κ3) is 2.09. The number of thiophene rings is 1. The van der Waals surface area contributed by atoms with Gasteiger partial charge in [0.2, 0.25) is 0 Å². The first-order chi connectivity index (χ1) is 8.84. The van der Waals surface area contributed by atoms with E-state index in [1.807, 2.05) is 41.9 Å². The van der Waals surface area contributed by atoms with Crippen LogP contribution in [-0.4, -0.2) is 5.78 Å². The van der Waals surface area contributed by atoms with Crippen LogP contribution in [-0.2, 0) is 0 Å². The molecule has 1 aromatic heterocycles. The molecule has 18 heavy (non-hydrogen) atoms. The predicted octanol–water partition coefficient (Wildman–Crippen LogP) is 3.64. The van der Waals surface area contributed by atoms with Crippen LogP contribution in [0.5, 0.6) is 0 Å². The van der Waals surface area contributed by atoms with Crippen LogP contribution < -0.4 is 5.32 Å². The SMILES string of the molecule is O=C(CC1NC=Cc2ccccc21)c1cccs1. The number of fused-ring (bicyclic) bond motifs is 1. The number of ketones is 1. The molecule has 2 aromatic rings. The second kappa shape index (κ2) is 4.78. The zero-order valence-corrected chi connectivity index (χ0v) is 10.6. The van der Waals surface area contributed by atoms with Gasteiger partial charge in [0, 0.05) is 6.42 Å². The maximum Gasteiger partial charge on any atom is 0.175 e. The number of nitrogens with one attached hydrogen (secondary N) is 1. The fourth-order valence-electron chi connectivity index (χ4n) is 2.22. The van der Waals surface area contributed by atoms with Crippen molar-refractivity contribution in [3.8, 4) is 0 Å². The number of hydrogen-bond donors (Lipinski definition) is 1. The summed E-state index contributed by atoms with van der Waals surface area (Å²) in [4.78, 5) is 13.0. The Balaban J connectivity index is 1.82. The van der Waals surface area contributed by atoms with E-state index in [9.17, 15) is 4.79 Å². The van der Waals surface area contributed by atoms with Crippen LogP contribution in [0.25, 0.3) is 6.08 Å². The number of hydrogen-bond acceptors (Lipinski definition) is 3. The molecule has 0 fully saturated rings. The molecule has 1 atom stereocenters. The highest BCUT2D eigenvalue weighted by molar-refractivity contribution is 7.12. The number of rotatable bonds is 3. The Kier molecular flexibility index (Phi) is 2.99. The molecule has 2 nitrogen and oxygen atoms in total. The fourth-order valence-corrected chi connectivity index (χ4v) is 2.89. The predicted molar refractivity (Wildman–Crippen MR) is 74.6 cm³/mol. The summed E-state index contributed by atoms with van der Waals surface area (Å²) in [6, 6.07) is 12.1. The lowest BCUT2D eigenvalue weighted by Crippen LogP contribution is -2.22. The first kappa shape index (κ1) is 11.2. The van der Waals surface area contributed by atoms with Crippen LogP contribution in [0.15, 0.2) is 48.0 Å². The van der Waals surface area contributed by atoms with Gasteiger partial charge >= 0.3 is 0 Å². The number of carbonyl (C=O) groups excluding carboxylic acids is 1. The number of Topliss-reactive ketones (excluding diaryl/α,β-unsaturated/α-hetero) is 1. The molecule has 0 spiro atoms. The average Bonchev–Trinajstić information content (AvgIpc) is 2.93. The molecule has 3 heteroatoms. The molecule has 0 saturated heterocycles. The van der Waals surface area contributed by atoms with Gasteiger partial charge in [0.15, 0.2) is 5.78 Å². The molecule has 3 rings (SSSR count). The summed E-state index contributed by atoms with van der Waals surface area (Å²) >= 11 is 1.51. The largest absolute Gasteiger partial charge is 0.384 e. The minimum atomic E-state index is 0.0841. The molecule has 90 valence electrons. The highest BCUT2D eigenvalue weighted by Gasteiger charge is 2.20. The van der Waals surface area contributed by atoms with Crippen LogP contribution in [0.1, 0.15) is 33.3 Å². The minimum Gasteiger partial charge on any atom is -0.384 e. The topological polar surface area (TPSA) is 29.1 Å². The van der Waals surface area contributed by atoms with Crippen molar-refractivity contribution in [2.45, 2.75) is 12.5 Å². The molecule has 1 aliphatic rings. The third-order valence-electron chi connectivity index (χ3n) is 3.12. The molecule has 0 radical (unpaired) electrons. The van der Waals surface area contributed by atoms with E-state index in [0.717, 1.165) is 4.88 Å². The average molecular weight is 255 g/mol. The number of carbonyl (C=O) groups is 1. The van der Waals surface area contributed by atoms with Crippen LogP contribution >= 0.6 is 11.3 Å². The summed E-state index contributed by atoms with van der Waals surface area (Å²) in [5, 5.41) is 5.21. The molecular formula is C15H13NOS. The second-order valence-electron chi connectivity index (χ2n) is 4.29. The highest BCUT2D eigenvalue weighted by Crippen LogP contribution is 2.27. The first-order valence-corrected chi connectivity index (χ1v) is 6.81. The maximum absolute atomic E-state index is 12.1. The standard InChI is InChI=1S/C15H13NOS/c17-14(15-6-3-9-18-15)10-13-12-5-2-1-4-11(12)7-8-16-13/h1-9,13,16H,10H2. The van der Waals surface area contributed by atoms with Gasteiger partial charge < -0.3 is 5.32 Å². The lowest BCUT2D eigenvalue weighted by atomic mass is 9.94. The summed E-state index contributed by atoms with van der Waals surface area (Å²) in [7, 11) is 0. The van der Waals surface area contributed by atoms with Crippen molar-refractivity contribution in [1.29, 1.82) is 0 Å². The second-order valence-corrected chi connectivity index (χ2v) is 5.23. The lowest BCUT2D eigenvalue weighted by molar-refractivity contribution is 0.0974. The van der Waals surface area contributed by atoms with Crippen molar-refractivity contribution >= 4 is 23.2 Å². The van der Waals surface area contributed by atoms with Crippen LogP contribution in [0.3, 0.4) is 0 Å². The molecule has 0 aliphatic carbocycles.